The van der Waals surface area contributed by atoms with Crippen LogP contribution < -0.4 is 10.6 Å². The maximum Gasteiger partial charge on any atom is 0.287 e. The van der Waals surface area contributed by atoms with Crippen molar-refractivity contribution in [1.82, 2.24) is 14.9 Å². The summed E-state index contributed by atoms with van der Waals surface area (Å²) in [6.07, 6.45) is 7.07. The van der Waals surface area contributed by atoms with Gasteiger partial charge < -0.3 is 15.2 Å². The third-order valence-electron chi connectivity index (χ3n) is 5.31. The first-order chi connectivity index (χ1) is 13.1. The molecule has 1 fully saturated rings. The zero-order valence-electron chi connectivity index (χ0n) is 15.1. The molecule has 1 aromatic heterocycles. The molecule has 0 spiro atoms. The molecule has 1 aliphatic carbocycles. The van der Waals surface area contributed by atoms with E-state index in [0.29, 0.717) is 22.2 Å². The van der Waals surface area contributed by atoms with Crippen molar-refractivity contribution in [3.05, 3.63) is 46.5 Å². The van der Waals surface area contributed by atoms with Crippen molar-refractivity contribution in [2.75, 3.05) is 5.32 Å². The topological polar surface area (TPSA) is 76.0 Å². The third-order valence-corrected chi connectivity index (χ3v) is 5.54. The summed E-state index contributed by atoms with van der Waals surface area (Å²) in [5.74, 6) is -0.123. The van der Waals surface area contributed by atoms with Gasteiger partial charge in [-0.15, -0.1) is 0 Å². The largest absolute Gasteiger partial charge is 0.347 e. The van der Waals surface area contributed by atoms with E-state index in [0.717, 1.165) is 57.2 Å². The predicted molar refractivity (Wildman–Crippen MR) is 104 cm³/mol. The summed E-state index contributed by atoms with van der Waals surface area (Å²) in [4.78, 5) is 30.0. The number of nitrogens with zero attached hydrogens (tertiary/aromatic N) is 2. The minimum Gasteiger partial charge on any atom is -0.347 e. The van der Waals surface area contributed by atoms with Crippen LogP contribution >= 0.6 is 11.6 Å². The molecule has 0 radical (unpaired) electrons. The lowest BCUT2D eigenvalue weighted by Gasteiger charge is -2.18. The van der Waals surface area contributed by atoms with Gasteiger partial charge in [0.25, 0.3) is 11.8 Å². The van der Waals surface area contributed by atoms with Gasteiger partial charge in [-0.2, -0.15) is 0 Å². The highest BCUT2D eigenvalue weighted by Gasteiger charge is 2.29. The van der Waals surface area contributed by atoms with Gasteiger partial charge in [-0.25, -0.2) is 4.98 Å². The monoisotopic (exact) mass is 386 g/mol. The number of hydrogen-bond donors (Lipinski definition) is 2. The lowest BCUT2D eigenvalue weighted by atomic mass is 10.1. The average Bonchev–Trinajstić information content (AvgIpc) is 3.29. The number of hydrogen-bond acceptors (Lipinski definition) is 3. The molecule has 2 aliphatic rings. The molecule has 2 N–H and O–H groups in total. The first-order valence-electron chi connectivity index (χ1n) is 9.59. The molecule has 142 valence electrons. The number of aromatic nitrogens is 2. The number of halogens is 1. The Balaban J connectivity index is 1.59. The number of carbonyl (C=O) groups is 2. The second-order valence-electron chi connectivity index (χ2n) is 7.26. The van der Waals surface area contributed by atoms with Crippen molar-refractivity contribution in [2.45, 2.75) is 57.5 Å². The van der Waals surface area contributed by atoms with E-state index in [1.165, 1.54) is 0 Å². The number of carbonyl (C=O) groups excluding carboxylic acids is 2. The van der Waals surface area contributed by atoms with E-state index >= 15 is 0 Å². The number of imidazole rings is 1. The molecule has 2 amide bonds. The van der Waals surface area contributed by atoms with Crippen LogP contribution in [0.5, 0.6) is 0 Å². The van der Waals surface area contributed by atoms with E-state index in [2.05, 4.69) is 15.6 Å². The van der Waals surface area contributed by atoms with Gasteiger partial charge in [-0.05, 0) is 50.3 Å². The number of anilines is 1. The summed E-state index contributed by atoms with van der Waals surface area (Å²) in [6.45, 7) is 0.722. The van der Waals surface area contributed by atoms with Crippen LogP contribution in [0.2, 0.25) is 5.02 Å². The average molecular weight is 387 g/mol. The van der Waals surface area contributed by atoms with Crippen LogP contribution in [0, 0.1) is 0 Å². The minimum absolute atomic E-state index is 0.174. The van der Waals surface area contributed by atoms with Crippen molar-refractivity contribution < 1.29 is 9.59 Å². The van der Waals surface area contributed by atoms with E-state index in [9.17, 15) is 9.59 Å². The zero-order valence-corrected chi connectivity index (χ0v) is 15.9. The van der Waals surface area contributed by atoms with Gasteiger partial charge in [0.05, 0.1) is 5.69 Å². The minimum atomic E-state index is -0.303. The van der Waals surface area contributed by atoms with Crippen LogP contribution in [0.4, 0.5) is 5.69 Å². The van der Waals surface area contributed by atoms with Gasteiger partial charge in [0.1, 0.15) is 0 Å². The Bertz CT molecular complexity index is 871. The Labute approximate surface area is 163 Å². The van der Waals surface area contributed by atoms with Gasteiger partial charge in [-0.3, -0.25) is 9.59 Å². The maximum absolute atomic E-state index is 12.8. The van der Waals surface area contributed by atoms with E-state index in [-0.39, 0.29) is 17.9 Å². The van der Waals surface area contributed by atoms with Crippen LogP contribution in [0.25, 0.3) is 0 Å². The molecule has 7 heteroatoms. The van der Waals surface area contributed by atoms with Crippen molar-refractivity contribution in [2.24, 2.45) is 0 Å². The molecule has 2 aromatic rings. The lowest BCUT2D eigenvalue weighted by molar-refractivity contribution is 0.0921. The zero-order chi connectivity index (χ0) is 18.8. The molecule has 2 heterocycles. The molecular weight excluding hydrogens is 364 g/mol. The molecule has 1 aliphatic heterocycles. The van der Waals surface area contributed by atoms with Gasteiger partial charge in [0.15, 0.2) is 11.5 Å². The fourth-order valence-electron chi connectivity index (χ4n) is 3.97. The van der Waals surface area contributed by atoms with Crippen molar-refractivity contribution in [1.29, 1.82) is 0 Å². The highest BCUT2D eigenvalue weighted by atomic mass is 35.5. The quantitative estimate of drug-likeness (QED) is 0.839. The Morgan fingerprint density at radius 1 is 1.11 bits per heavy atom. The van der Waals surface area contributed by atoms with Gasteiger partial charge >= 0.3 is 0 Å². The number of nitrogens with one attached hydrogen (secondary N) is 2. The van der Waals surface area contributed by atoms with Crippen LogP contribution in [0.15, 0.2) is 24.3 Å². The summed E-state index contributed by atoms with van der Waals surface area (Å²) < 4.78 is 1.92. The van der Waals surface area contributed by atoms with Crippen LogP contribution in [0.3, 0.4) is 0 Å². The van der Waals surface area contributed by atoms with E-state index in [1.54, 1.807) is 24.3 Å². The van der Waals surface area contributed by atoms with E-state index in [4.69, 9.17) is 11.6 Å². The number of amides is 2. The lowest BCUT2D eigenvalue weighted by Crippen LogP contribution is -2.35. The molecule has 1 saturated carbocycles. The Morgan fingerprint density at radius 2 is 1.93 bits per heavy atom. The number of benzene rings is 1. The van der Waals surface area contributed by atoms with Crippen LogP contribution in [-0.2, 0) is 13.0 Å². The summed E-state index contributed by atoms with van der Waals surface area (Å²) in [5, 5.41) is 6.48. The molecule has 0 unspecified atom stereocenters. The molecule has 0 atom stereocenters. The molecule has 0 bridgehead atoms. The van der Waals surface area contributed by atoms with Gasteiger partial charge in [0.2, 0.25) is 0 Å². The Hall–Kier alpha value is -2.34. The Morgan fingerprint density at radius 3 is 2.70 bits per heavy atom. The highest BCUT2D eigenvalue weighted by molar-refractivity contribution is 6.31. The van der Waals surface area contributed by atoms with Crippen molar-refractivity contribution >= 4 is 29.1 Å². The molecule has 6 nitrogen and oxygen atoms in total. The Kier molecular flexibility index (Phi) is 5.16. The summed E-state index contributed by atoms with van der Waals surface area (Å²) >= 11 is 5.99. The second-order valence-corrected chi connectivity index (χ2v) is 7.70. The second kappa shape index (κ2) is 7.72. The first kappa shape index (κ1) is 18.0. The first-order valence-corrected chi connectivity index (χ1v) is 9.97. The fraction of sp³-hybridized carbons (Fsp3) is 0.450. The third kappa shape index (κ3) is 3.86. The number of rotatable bonds is 4. The van der Waals surface area contributed by atoms with Gasteiger partial charge in [0, 0.05) is 23.3 Å². The summed E-state index contributed by atoms with van der Waals surface area (Å²) in [5.41, 5.74) is 1.80. The smallest absolute Gasteiger partial charge is 0.287 e. The normalized spacial score (nSPS) is 16.8. The van der Waals surface area contributed by atoms with E-state index < -0.39 is 0 Å². The highest BCUT2D eigenvalue weighted by Crippen LogP contribution is 2.24. The van der Waals surface area contributed by atoms with Crippen molar-refractivity contribution in [3.63, 3.8) is 0 Å². The van der Waals surface area contributed by atoms with Crippen LogP contribution in [0.1, 0.15) is 65.3 Å². The van der Waals surface area contributed by atoms with Crippen molar-refractivity contribution in [3.8, 4) is 0 Å². The molecule has 1 aromatic carbocycles. The summed E-state index contributed by atoms with van der Waals surface area (Å²) in [6, 6.07) is 7.22. The standard InChI is InChI=1S/C20H23ClN4O2/c21-13-6-5-9-15(12-13)23-19(26)17-16-10-3-4-11-25(16)18(24-17)20(27)22-14-7-1-2-8-14/h5-6,9,12,14H,1-4,7-8,10-11H2,(H,22,27)(H,23,26). The molecular formula is C20H23ClN4O2. The molecule has 0 saturated heterocycles. The van der Waals surface area contributed by atoms with Crippen LogP contribution in [-0.4, -0.2) is 27.4 Å². The van der Waals surface area contributed by atoms with Gasteiger partial charge in [-0.1, -0.05) is 30.5 Å². The molecule has 27 heavy (non-hydrogen) atoms. The molecule has 4 rings (SSSR count). The number of fused-ring (bicyclic) bond motifs is 1. The predicted octanol–water partition coefficient (Wildman–Crippen LogP) is 3.80. The van der Waals surface area contributed by atoms with E-state index in [1.807, 2.05) is 4.57 Å². The summed E-state index contributed by atoms with van der Waals surface area (Å²) in [7, 11) is 0. The maximum atomic E-state index is 12.8. The fourth-order valence-corrected chi connectivity index (χ4v) is 4.17. The SMILES string of the molecule is O=C(Nc1cccc(Cl)c1)c1nc(C(=O)NC2CCCC2)n2c1CCCC2.